The van der Waals surface area contributed by atoms with Gasteiger partial charge in [-0.1, -0.05) is 11.6 Å². The lowest BCUT2D eigenvalue weighted by Gasteiger charge is -2.25. The second-order valence-electron chi connectivity index (χ2n) is 7.42. The monoisotopic (exact) mass is 394 g/mol. The van der Waals surface area contributed by atoms with Crippen LogP contribution in [-0.2, 0) is 12.8 Å². The summed E-state index contributed by atoms with van der Waals surface area (Å²) in [4.78, 5) is 26.2. The maximum absolute atomic E-state index is 14.7. The Hall–Kier alpha value is -2.08. The van der Waals surface area contributed by atoms with Crippen molar-refractivity contribution in [3.63, 3.8) is 0 Å². The van der Waals surface area contributed by atoms with E-state index in [1.807, 2.05) is 27.7 Å². The minimum atomic E-state index is -0.735. The topological polar surface area (TPSA) is 53.2 Å². The minimum Gasteiger partial charge on any atom is -0.489 e. The third-order valence-corrected chi connectivity index (χ3v) is 5.00. The van der Waals surface area contributed by atoms with Gasteiger partial charge in [0.2, 0.25) is 0 Å². The third kappa shape index (κ3) is 3.55. The number of rotatable bonds is 4. The third-order valence-electron chi connectivity index (χ3n) is 4.71. The first-order valence-electron chi connectivity index (χ1n) is 9.27. The van der Waals surface area contributed by atoms with Crippen molar-refractivity contribution in [1.82, 2.24) is 9.13 Å². The van der Waals surface area contributed by atoms with Crippen LogP contribution >= 0.6 is 11.6 Å². The van der Waals surface area contributed by atoms with E-state index in [9.17, 15) is 14.0 Å². The van der Waals surface area contributed by atoms with Crippen molar-refractivity contribution in [3.8, 4) is 11.4 Å². The molecule has 7 heteroatoms. The molecule has 5 nitrogen and oxygen atoms in total. The molecule has 0 aliphatic heterocycles. The van der Waals surface area contributed by atoms with Crippen LogP contribution in [0.3, 0.4) is 0 Å². The predicted molar refractivity (Wildman–Crippen MR) is 104 cm³/mol. The van der Waals surface area contributed by atoms with Gasteiger partial charge in [0.1, 0.15) is 11.6 Å². The van der Waals surface area contributed by atoms with E-state index < -0.39 is 17.1 Å². The molecule has 3 rings (SSSR count). The summed E-state index contributed by atoms with van der Waals surface area (Å²) in [5.41, 5.74) is 0.245. The average molecular weight is 395 g/mol. The van der Waals surface area contributed by atoms with Gasteiger partial charge in [0, 0.05) is 23.4 Å². The number of nitrogens with zero attached hydrogens (tertiary/aromatic N) is 2. The summed E-state index contributed by atoms with van der Waals surface area (Å²) in [6.07, 6.45) is 2.90. The standard InChI is InChI=1S/C20H24ClFN2O3/c1-11(2)23-16-8-6-5-7-13(16)19(25)24(20(23)26)17-10-18(27-12(3)4)14(21)9-15(17)22/h9-12H,5-8H2,1-4H3. The molecule has 0 unspecified atom stereocenters. The normalized spacial score (nSPS) is 13.9. The van der Waals surface area contributed by atoms with Crippen LogP contribution in [0.2, 0.25) is 5.02 Å². The second kappa shape index (κ2) is 7.50. The van der Waals surface area contributed by atoms with Gasteiger partial charge in [-0.25, -0.2) is 13.8 Å². The highest BCUT2D eigenvalue weighted by Gasteiger charge is 2.25. The van der Waals surface area contributed by atoms with Crippen LogP contribution in [0.5, 0.6) is 5.75 Å². The summed E-state index contributed by atoms with van der Waals surface area (Å²) in [6.45, 7) is 7.40. The summed E-state index contributed by atoms with van der Waals surface area (Å²) in [6, 6.07) is 2.28. The maximum atomic E-state index is 14.7. The molecule has 1 aromatic heterocycles. The molecular weight excluding hydrogens is 371 g/mol. The van der Waals surface area contributed by atoms with Crippen LogP contribution in [0.25, 0.3) is 5.69 Å². The summed E-state index contributed by atoms with van der Waals surface area (Å²) in [5, 5.41) is 0.0974. The highest BCUT2D eigenvalue weighted by atomic mass is 35.5. The molecule has 1 heterocycles. The van der Waals surface area contributed by atoms with Gasteiger partial charge in [-0.3, -0.25) is 9.36 Å². The Morgan fingerprint density at radius 2 is 1.78 bits per heavy atom. The lowest BCUT2D eigenvalue weighted by atomic mass is 9.96. The van der Waals surface area contributed by atoms with E-state index in [2.05, 4.69) is 0 Å². The first kappa shape index (κ1) is 19.7. The van der Waals surface area contributed by atoms with Crippen LogP contribution in [0.4, 0.5) is 4.39 Å². The van der Waals surface area contributed by atoms with E-state index in [1.54, 1.807) is 4.57 Å². The SMILES string of the molecule is CC(C)Oc1cc(-n2c(=O)c3c(n(C(C)C)c2=O)CCCC3)c(F)cc1Cl. The molecule has 2 aromatic rings. The Kier molecular flexibility index (Phi) is 5.47. The Labute approximate surface area is 162 Å². The van der Waals surface area contributed by atoms with E-state index in [0.717, 1.165) is 29.2 Å². The zero-order chi connectivity index (χ0) is 19.9. The number of halogens is 2. The highest BCUT2D eigenvalue weighted by molar-refractivity contribution is 6.32. The Morgan fingerprint density at radius 1 is 1.11 bits per heavy atom. The lowest BCUT2D eigenvalue weighted by molar-refractivity contribution is 0.242. The van der Waals surface area contributed by atoms with Gasteiger partial charge in [-0.05, 0) is 59.4 Å². The zero-order valence-electron chi connectivity index (χ0n) is 16.0. The Morgan fingerprint density at radius 3 is 2.41 bits per heavy atom. The predicted octanol–water partition coefficient (Wildman–Crippen LogP) is 4.04. The van der Waals surface area contributed by atoms with Gasteiger partial charge >= 0.3 is 5.69 Å². The number of fused-ring (bicyclic) bond motifs is 1. The molecule has 27 heavy (non-hydrogen) atoms. The average Bonchev–Trinajstić information content (AvgIpc) is 2.58. The van der Waals surface area contributed by atoms with Crippen LogP contribution in [0.1, 0.15) is 57.8 Å². The van der Waals surface area contributed by atoms with Crippen molar-refractivity contribution < 1.29 is 9.13 Å². The highest BCUT2D eigenvalue weighted by Crippen LogP contribution is 2.30. The fourth-order valence-corrected chi connectivity index (χ4v) is 3.80. The van der Waals surface area contributed by atoms with Crippen molar-refractivity contribution in [2.75, 3.05) is 0 Å². The van der Waals surface area contributed by atoms with Crippen molar-refractivity contribution >= 4 is 11.6 Å². The van der Waals surface area contributed by atoms with Crippen LogP contribution in [0.15, 0.2) is 21.7 Å². The number of hydrogen-bond donors (Lipinski definition) is 0. The molecule has 1 aromatic carbocycles. The Bertz CT molecular complexity index is 992. The summed E-state index contributed by atoms with van der Waals surface area (Å²) < 4.78 is 22.9. The van der Waals surface area contributed by atoms with Gasteiger partial charge in [-0.15, -0.1) is 0 Å². The van der Waals surface area contributed by atoms with Gasteiger partial charge < -0.3 is 4.74 Å². The van der Waals surface area contributed by atoms with Crippen LogP contribution < -0.4 is 16.0 Å². The smallest absolute Gasteiger partial charge is 0.336 e. The fraction of sp³-hybridized carbons (Fsp3) is 0.500. The molecule has 0 saturated carbocycles. The minimum absolute atomic E-state index is 0.0974. The van der Waals surface area contributed by atoms with Crippen LogP contribution in [0, 0.1) is 5.82 Å². The zero-order valence-corrected chi connectivity index (χ0v) is 16.8. The van der Waals surface area contributed by atoms with E-state index in [-0.39, 0.29) is 28.6 Å². The van der Waals surface area contributed by atoms with Crippen molar-refractivity contribution in [1.29, 1.82) is 0 Å². The summed E-state index contributed by atoms with van der Waals surface area (Å²) >= 11 is 6.07. The van der Waals surface area contributed by atoms with Gasteiger partial charge in [0.05, 0.1) is 16.8 Å². The quantitative estimate of drug-likeness (QED) is 0.786. The number of hydrogen-bond acceptors (Lipinski definition) is 3. The van der Waals surface area contributed by atoms with E-state index in [1.165, 1.54) is 6.07 Å². The van der Waals surface area contributed by atoms with Gasteiger partial charge in [-0.2, -0.15) is 0 Å². The number of benzene rings is 1. The van der Waals surface area contributed by atoms with E-state index >= 15 is 0 Å². The van der Waals surface area contributed by atoms with Crippen molar-refractivity contribution in [2.45, 2.75) is 65.5 Å². The first-order chi connectivity index (χ1) is 12.7. The molecule has 0 radical (unpaired) electrons. The second-order valence-corrected chi connectivity index (χ2v) is 7.83. The largest absolute Gasteiger partial charge is 0.489 e. The summed E-state index contributed by atoms with van der Waals surface area (Å²) in [7, 11) is 0. The molecule has 0 N–H and O–H groups in total. The Balaban J connectivity index is 2.34. The maximum Gasteiger partial charge on any atom is 0.336 e. The molecule has 1 aliphatic carbocycles. The fourth-order valence-electron chi connectivity index (χ4n) is 3.61. The number of ether oxygens (including phenoxy) is 1. The van der Waals surface area contributed by atoms with Gasteiger partial charge in [0.15, 0.2) is 0 Å². The number of aromatic nitrogens is 2. The van der Waals surface area contributed by atoms with Crippen LogP contribution in [-0.4, -0.2) is 15.2 Å². The van der Waals surface area contributed by atoms with E-state index in [0.29, 0.717) is 18.4 Å². The van der Waals surface area contributed by atoms with E-state index in [4.69, 9.17) is 16.3 Å². The molecular formula is C20H24ClFN2O3. The van der Waals surface area contributed by atoms with Gasteiger partial charge in [0.25, 0.3) is 5.56 Å². The molecule has 0 saturated heterocycles. The molecule has 0 fully saturated rings. The molecule has 146 valence electrons. The lowest BCUT2D eigenvalue weighted by Crippen LogP contribution is -2.44. The molecule has 0 spiro atoms. The molecule has 0 atom stereocenters. The summed E-state index contributed by atoms with van der Waals surface area (Å²) in [5.74, 6) is -0.496. The van der Waals surface area contributed by atoms with Crippen molar-refractivity contribution in [3.05, 3.63) is 55.1 Å². The molecule has 0 amide bonds. The molecule has 1 aliphatic rings. The first-order valence-corrected chi connectivity index (χ1v) is 9.65. The van der Waals surface area contributed by atoms with Crippen molar-refractivity contribution in [2.24, 2.45) is 0 Å². The molecule has 0 bridgehead atoms.